The largest absolute Gasteiger partial charge is 0.317 e. The van der Waals surface area contributed by atoms with Gasteiger partial charge in [0.2, 0.25) is 0 Å². The summed E-state index contributed by atoms with van der Waals surface area (Å²) in [4.78, 5) is 0. The molecule has 1 atom stereocenters. The fraction of sp³-hybridized carbons (Fsp3) is 1.00. The van der Waals surface area contributed by atoms with Crippen molar-refractivity contribution >= 4 is 0 Å². The van der Waals surface area contributed by atoms with E-state index in [2.05, 4.69) is 24.5 Å². The fourth-order valence-corrected chi connectivity index (χ4v) is 1.26. The Bertz CT molecular complexity index is 94.1. The first-order valence-corrected chi connectivity index (χ1v) is 5.69. The van der Waals surface area contributed by atoms with Crippen LogP contribution in [0.4, 0.5) is 0 Å². The first kappa shape index (κ1) is 12.9. The van der Waals surface area contributed by atoms with Crippen LogP contribution in [0.15, 0.2) is 0 Å². The zero-order chi connectivity index (χ0) is 9.94. The Morgan fingerprint density at radius 2 is 1.85 bits per heavy atom. The topological polar surface area (TPSA) is 24.1 Å². The molecule has 0 fully saturated rings. The molecule has 0 saturated carbocycles. The molecule has 0 heterocycles. The SMILES string of the molecule is CCCCCCNCCC(C)NC. The van der Waals surface area contributed by atoms with E-state index in [-0.39, 0.29) is 0 Å². The van der Waals surface area contributed by atoms with Gasteiger partial charge < -0.3 is 10.6 Å². The predicted octanol–water partition coefficient (Wildman–Crippen LogP) is 2.15. The van der Waals surface area contributed by atoms with Crippen molar-refractivity contribution in [2.45, 2.75) is 52.0 Å². The molecule has 1 unspecified atom stereocenters. The molecular weight excluding hydrogens is 160 g/mol. The lowest BCUT2D eigenvalue weighted by atomic mass is 10.2. The summed E-state index contributed by atoms with van der Waals surface area (Å²) in [5.41, 5.74) is 0. The van der Waals surface area contributed by atoms with Crippen molar-refractivity contribution in [3.05, 3.63) is 0 Å². The minimum absolute atomic E-state index is 0.642. The number of hydrogen-bond acceptors (Lipinski definition) is 2. The summed E-state index contributed by atoms with van der Waals surface area (Å²) >= 11 is 0. The number of hydrogen-bond donors (Lipinski definition) is 2. The molecule has 0 radical (unpaired) electrons. The monoisotopic (exact) mass is 186 g/mol. The second kappa shape index (κ2) is 10.0. The van der Waals surface area contributed by atoms with Crippen molar-refractivity contribution in [2.24, 2.45) is 0 Å². The Kier molecular flexibility index (Phi) is 9.94. The minimum atomic E-state index is 0.642. The molecule has 80 valence electrons. The molecule has 0 aromatic carbocycles. The third-order valence-corrected chi connectivity index (χ3v) is 2.45. The molecule has 2 nitrogen and oxygen atoms in total. The highest BCUT2D eigenvalue weighted by molar-refractivity contribution is 4.59. The second-order valence-electron chi connectivity index (χ2n) is 3.79. The minimum Gasteiger partial charge on any atom is -0.317 e. The van der Waals surface area contributed by atoms with Gasteiger partial charge in [0.25, 0.3) is 0 Å². The molecule has 0 aliphatic carbocycles. The summed E-state index contributed by atoms with van der Waals surface area (Å²) in [7, 11) is 2.02. The Labute approximate surface area is 83.5 Å². The van der Waals surface area contributed by atoms with Crippen molar-refractivity contribution in [2.75, 3.05) is 20.1 Å². The number of nitrogens with one attached hydrogen (secondary N) is 2. The summed E-state index contributed by atoms with van der Waals surface area (Å²) in [6.45, 7) is 6.81. The Hall–Kier alpha value is -0.0800. The second-order valence-corrected chi connectivity index (χ2v) is 3.79. The summed E-state index contributed by atoms with van der Waals surface area (Å²) in [5, 5.41) is 6.71. The van der Waals surface area contributed by atoms with Crippen LogP contribution in [0.2, 0.25) is 0 Å². The normalized spacial score (nSPS) is 13.2. The first-order valence-electron chi connectivity index (χ1n) is 5.69. The van der Waals surface area contributed by atoms with Crippen molar-refractivity contribution in [1.29, 1.82) is 0 Å². The molecule has 0 rings (SSSR count). The van der Waals surface area contributed by atoms with Crippen molar-refractivity contribution in [3.8, 4) is 0 Å². The smallest absolute Gasteiger partial charge is 0.00478 e. The van der Waals surface area contributed by atoms with Gasteiger partial charge in [-0.25, -0.2) is 0 Å². The van der Waals surface area contributed by atoms with Crippen LogP contribution in [0.1, 0.15) is 46.0 Å². The molecule has 0 spiro atoms. The summed E-state index contributed by atoms with van der Waals surface area (Å²) in [6.07, 6.45) is 6.66. The molecular formula is C11H26N2. The quantitative estimate of drug-likeness (QED) is 0.539. The maximum Gasteiger partial charge on any atom is 0.00478 e. The van der Waals surface area contributed by atoms with E-state index in [9.17, 15) is 0 Å². The van der Waals surface area contributed by atoms with Gasteiger partial charge in [0, 0.05) is 6.04 Å². The maximum atomic E-state index is 3.47. The number of rotatable bonds is 9. The van der Waals surface area contributed by atoms with Crippen molar-refractivity contribution in [3.63, 3.8) is 0 Å². The molecule has 0 amide bonds. The summed E-state index contributed by atoms with van der Waals surface area (Å²) in [6, 6.07) is 0.642. The molecule has 0 saturated heterocycles. The Morgan fingerprint density at radius 1 is 1.08 bits per heavy atom. The number of unbranched alkanes of at least 4 members (excludes halogenated alkanes) is 3. The Balaban J connectivity index is 2.91. The van der Waals surface area contributed by atoms with Crippen molar-refractivity contribution in [1.82, 2.24) is 10.6 Å². The highest BCUT2D eigenvalue weighted by Gasteiger charge is 1.95. The van der Waals surface area contributed by atoms with Crippen LogP contribution in [0.25, 0.3) is 0 Å². The van der Waals surface area contributed by atoms with Crippen LogP contribution in [-0.4, -0.2) is 26.2 Å². The third kappa shape index (κ3) is 9.84. The van der Waals surface area contributed by atoms with Crippen LogP contribution < -0.4 is 10.6 Å². The molecule has 0 aliphatic rings. The van der Waals surface area contributed by atoms with E-state index in [1.54, 1.807) is 0 Å². The average Bonchev–Trinajstić information content (AvgIpc) is 2.16. The highest BCUT2D eigenvalue weighted by Crippen LogP contribution is 1.97. The van der Waals surface area contributed by atoms with Gasteiger partial charge in [0.05, 0.1) is 0 Å². The van der Waals surface area contributed by atoms with Crippen LogP contribution in [0, 0.1) is 0 Å². The predicted molar refractivity (Wildman–Crippen MR) is 60.2 cm³/mol. The van der Waals surface area contributed by atoms with Gasteiger partial charge in [-0.2, -0.15) is 0 Å². The summed E-state index contributed by atoms with van der Waals surface area (Å²) < 4.78 is 0. The zero-order valence-corrected chi connectivity index (χ0v) is 9.53. The van der Waals surface area contributed by atoms with E-state index in [1.807, 2.05) is 7.05 Å². The fourth-order valence-electron chi connectivity index (χ4n) is 1.26. The van der Waals surface area contributed by atoms with Gasteiger partial charge in [0.15, 0.2) is 0 Å². The molecule has 0 bridgehead atoms. The molecule has 13 heavy (non-hydrogen) atoms. The molecule has 0 aliphatic heterocycles. The zero-order valence-electron chi connectivity index (χ0n) is 9.53. The maximum absolute atomic E-state index is 3.47. The van der Waals surface area contributed by atoms with Gasteiger partial charge in [-0.3, -0.25) is 0 Å². The first-order chi connectivity index (χ1) is 6.31. The van der Waals surface area contributed by atoms with E-state index in [0.29, 0.717) is 6.04 Å². The van der Waals surface area contributed by atoms with Gasteiger partial charge in [-0.15, -0.1) is 0 Å². The third-order valence-electron chi connectivity index (χ3n) is 2.45. The van der Waals surface area contributed by atoms with E-state index in [0.717, 1.165) is 6.54 Å². The van der Waals surface area contributed by atoms with Crippen LogP contribution in [0.5, 0.6) is 0 Å². The van der Waals surface area contributed by atoms with Gasteiger partial charge >= 0.3 is 0 Å². The van der Waals surface area contributed by atoms with Gasteiger partial charge in [-0.1, -0.05) is 26.2 Å². The standard InChI is InChI=1S/C11H26N2/c1-4-5-6-7-9-13-10-8-11(2)12-3/h11-13H,4-10H2,1-3H3. The molecule has 0 aromatic heterocycles. The van der Waals surface area contributed by atoms with Crippen molar-refractivity contribution < 1.29 is 0 Å². The van der Waals surface area contributed by atoms with Gasteiger partial charge in [0.1, 0.15) is 0 Å². The summed E-state index contributed by atoms with van der Waals surface area (Å²) in [5.74, 6) is 0. The molecule has 2 N–H and O–H groups in total. The molecule has 2 heteroatoms. The van der Waals surface area contributed by atoms with E-state index in [1.165, 1.54) is 38.6 Å². The van der Waals surface area contributed by atoms with Gasteiger partial charge in [-0.05, 0) is 39.9 Å². The highest BCUT2D eigenvalue weighted by atomic mass is 14.9. The van der Waals surface area contributed by atoms with E-state index >= 15 is 0 Å². The van der Waals surface area contributed by atoms with E-state index in [4.69, 9.17) is 0 Å². The van der Waals surface area contributed by atoms with Crippen LogP contribution >= 0.6 is 0 Å². The molecule has 0 aromatic rings. The van der Waals surface area contributed by atoms with Crippen LogP contribution in [0.3, 0.4) is 0 Å². The lowest BCUT2D eigenvalue weighted by Crippen LogP contribution is -2.27. The van der Waals surface area contributed by atoms with Crippen LogP contribution in [-0.2, 0) is 0 Å². The van der Waals surface area contributed by atoms with E-state index < -0.39 is 0 Å². The lowest BCUT2D eigenvalue weighted by molar-refractivity contribution is 0.517. The lowest BCUT2D eigenvalue weighted by Gasteiger charge is -2.10. The Morgan fingerprint density at radius 3 is 2.46 bits per heavy atom. The average molecular weight is 186 g/mol.